The SMILES string of the molecule is O=C1C=c2[nH]ccocccnc3c(cc4c(cc2C(=O)C1)=CN=C4)C=CCC3. The Morgan fingerprint density at radius 2 is 2.03 bits per heavy atom. The third-order valence-corrected chi connectivity index (χ3v) is 4.64. The minimum Gasteiger partial charge on any atom is -0.471 e. The van der Waals surface area contributed by atoms with E-state index in [4.69, 9.17) is 4.42 Å². The molecule has 1 aromatic rings. The summed E-state index contributed by atoms with van der Waals surface area (Å²) in [5.41, 5.74) is 3.30. The van der Waals surface area contributed by atoms with Crippen molar-refractivity contribution in [1.82, 2.24) is 9.97 Å². The van der Waals surface area contributed by atoms with Crippen LogP contribution in [0.4, 0.5) is 0 Å². The van der Waals surface area contributed by atoms with Gasteiger partial charge >= 0.3 is 0 Å². The molecule has 0 amide bonds. The second-order valence-corrected chi connectivity index (χ2v) is 6.68. The minimum absolute atomic E-state index is 0.139. The van der Waals surface area contributed by atoms with Gasteiger partial charge in [-0.2, -0.15) is 0 Å². The molecule has 1 aliphatic heterocycles. The fourth-order valence-corrected chi connectivity index (χ4v) is 3.25. The monoisotopic (exact) mass is 385 g/mol. The van der Waals surface area contributed by atoms with Crippen LogP contribution in [0.1, 0.15) is 40.0 Å². The molecule has 0 bridgehead atoms. The number of fused-ring (bicyclic) bond motifs is 3. The number of aromatic amines is 1. The first-order valence-corrected chi connectivity index (χ1v) is 9.32. The van der Waals surface area contributed by atoms with Crippen molar-refractivity contribution in [2.75, 3.05) is 0 Å². The van der Waals surface area contributed by atoms with Gasteiger partial charge in [0.1, 0.15) is 6.26 Å². The number of hydrogen-bond donors (Lipinski definition) is 1. The number of carbonyl (C=O) groups excluding carboxylic acids is 2. The largest absolute Gasteiger partial charge is 0.471 e. The van der Waals surface area contributed by atoms with Crippen LogP contribution in [0.25, 0.3) is 18.4 Å². The van der Waals surface area contributed by atoms with Gasteiger partial charge in [-0.15, -0.1) is 0 Å². The van der Waals surface area contributed by atoms with E-state index in [1.165, 1.54) is 24.8 Å². The first-order chi connectivity index (χ1) is 14.2. The topological polar surface area (TPSA) is 88.3 Å². The van der Waals surface area contributed by atoms with Gasteiger partial charge in [-0.25, -0.2) is 0 Å². The van der Waals surface area contributed by atoms with Crippen LogP contribution < -0.4 is 10.6 Å². The molecular weight excluding hydrogens is 366 g/mol. The smallest absolute Gasteiger partial charge is 0.172 e. The Labute approximate surface area is 167 Å². The lowest BCUT2D eigenvalue weighted by Crippen LogP contribution is -2.26. The maximum atomic E-state index is 12.5. The van der Waals surface area contributed by atoms with Crippen LogP contribution in [0.2, 0.25) is 0 Å². The molecule has 6 nitrogen and oxygen atoms in total. The molecule has 1 N–H and O–H groups in total. The molecule has 0 aromatic carbocycles. The Kier molecular flexibility index (Phi) is 5.42. The first kappa shape index (κ1) is 18.6. The highest BCUT2D eigenvalue weighted by Crippen LogP contribution is 2.15. The Morgan fingerprint density at radius 1 is 1.10 bits per heavy atom. The fraction of sp³-hybridized carbons (Fsp3) is 0.130. The number of nitrogens with one attached hydrogen (secondary N) is 1. The first-order valence-electron chi connectivity index (χ1n) is 9.32. The molecule has 4 rings (SSSR count). The van der Waals surface area contributed by atoms with Crippen LogP contribution in [0.5, 0.6) is 0 Å². The Bertz CT molecular complexity index is 1230. The number of Topliss-reactive ketones (excluding diaryl/α,β-unsaturated/α-hetero) is 2. The molecule has 29 heavy (non-hydrogen) atoms. The molecule has 3 aliphatic rings. The molecule has 0 unspecified atom stereocenters. The summed E-state index contributed by atoms with van der Waals surface area (Å²) in [7, 11) is 0. The van der Waals surface area contributed by atoms with E-state index in [-0.39, 0.29) is 18.0 Å². The van der Waals surface area contributed by atoms with Crippen LogP contribution in [-0.4, -0.2) is 27.7 Å². The summed E-state index contributed by atoms with van der Waals surface area (Å²) in [4.78, 5) is 36.2. The number of ketones is 2. The molecule has 0 atom stereocenters. The quantitative estimate of drug-likeness (QED) is 0.695. The van der Waals surface area contributed by atoms with Crippen molar-refractivity contribution in [2.24, 2.45) is 4.99 Å². The summed E-state index contributed by atoms with van der Waals surface area (Å²) in [6.07, 6.45) is 16.9. The van der Waals surface area contributed by atoms with E-state index in [0.29, 0.717) is 10.9 Å². The van der Waals surface area contributed by atoms with Gasteiger partial charge in [-0.05, 0) is 36.6 Å². The molecule has 0 radical (unpaired) electrons. The molecule has 2 aliphatic carbocycles. The zero-order valence-corrected chi connectivity index (χ0v) is 15.7. The highest BCUT2D eigenvalue weighted by Gasteiger charge is 2.16. The summed E-state index contributed by atoms with van der Waals surface area (Å²) in [6, 6.07) is 5.48. The molecule has 0 fully saturated rings. The highest BCUT2D eigenvalue weighted by molar-refractivity contribution is 6.21. The predicted molar refractivity (Wildman–Crippen MR) is 111 cm³/mol. The van der Waals surface area contributed by atoms with Crippen molar-refractivity contribution < 1.29 is 14.0 Å². The van der Waals surface area contributed by atoms with Gasteiger partial charge in [0.05, 0.1) is 18.0 Å². The molecule has 0 saturated heterocycles. The van der Waals surface area contributed by atoms with Gasteiger partial charge in [0, 0.05) is 52.9 Å². The predicted octanol–water partition coefficient (Wildman–Crippen LogP) is 2.44. The number of rotatable bonds is 0. The molecule has 6 heteroatoms. The summed E-state index contributed by atoms with van der Waals surface area (Å²) in [5.74, 6) is -0.464. The van der Waals surface area contributed by atoms with Crippen molar-refractivity contribution in [3.8, 4) is 0 Å². The van der Waals surface area contributed by atoms with Crippen LogP contribution in [0.3, 0.4) is 0 Å². The van der Waals surface area contributed by atoms with Crippen LogP contribution in [0, 0.1) is 0 Å². The average Bonchev–Trinajstić information content (AvgIpc) is 3.13. The summed E-state index contributed by atoms with van der Waals surface area (Å²) in [6.45, 7) is 0. The zero-order chi connectivity index (χ0) is 20.1. The molecule has 144 valence electrons. The summed E-state index contributed by atoms with van der Waals surface area (Å²) < 4.78 is 5.27. The Morgan fingerprint density at radius 3 is 2.97 bits per heavy atom. The number of carbonyl (C=O) groups is 2. The van der Waals surface area contributed by atoms with E-state index >= 15 is 0 Å². The van der Waals surface area contributed by atoms with Gasteiger partial charge in [-0.1, -0.05) is 12.2 Å². The van der Waals surface area contributed by atoms with Crippen LogP contribution in [0.15, 0.2) is 58.6 Å². The number of aliphatic imine (C=N–C) groups is 1. The van der Waals surface area contributed by atoms with Crippen molar-refractivity contribution in [3.05, 3.63) is 82.1 Å². The summed E-state index contributed by atoms with van der Waals surface area (Å²) >= 11 is 0. The maximum Gasteiger partial charge on any atom is 0.172 e. The number of hydrogen-bond acceptors (Lipinski definition) is 5. The second-order valence-electron chi connectivity index (χ2n) is 6.68. The van der Waals surface area contributed by atoms with Crippen molar-refractivity contribution in [1.29, 1.82) is 0 Å². The van der Waals surface area contributed by atoms with Crippen molar-refractivity contribution in [3.63, 3.8) is 0 Å². The van der Waals surface area contributed by atoms with E-state index in [1.807, 2.05) is 12.1 Å². The van der Waals surface area contributed by atoms with E-state index in [0.717, 1.165) is 34.9 Å². The second kappa shape index (κ2) is 8.48. The van der Waals surface area contributed by atoms with Gasteiger partial charge in [0.25, 0.3) is 0 Å². The van der Waals surface area contributed by atoms with E-state index < -0.39 is 0 Å². The van der Waals surface area contributed by atoms with E-state index in [1.54, 1.807) is 30.7 Å². The number of aryl methyl sites for hydroxylation is 1. The number of H-pyrrole nitrogens is 1. The van der Waals surface area contributed by atoms with Crippen molar-refractivity contribution >= 4 is 36.1 Å². The third kappa shape index (κ3) is 4.38. The standard InChI is InChI=1S/C23H19N3O3/c27-19-12-22-20(23(28)13-19)11-18-15-24-14-17(18)10-16-4-1-2-5-21(16)25-6-3-8-29-9-7-26-22/h1,3-4,6-12,14-15,26H,2,5,13H2. The number of allylic oxidation sites excluding steroid dienone is 1. The molecule has 0 saturated carbocycles. The van der Waals surface area contributed by atoms with Crippen molar-refractivity contribution in [2.45, 2.75) is 19.3 Å². The average molecular weight is 385 g/mol. The minimum atomic E-state index is -0.232. The lowest BCUT2D eigenvalue weighted by Gasteiger charge is -2.06. The molecular formula is C23H19N3O3. The Balaban J connectivity index is 2.08. The number of aromatic nitrogens is 2. The van der Waals surface area contributed by atoms with Gasteiger partial charge in [0.15, 0.2) is 11.6 Å². The molecule has 1 aromatic heterocycles. The lowest BCUT2D eigenvalue weighted by molar-refractivity contribution is -0.112. The van der Waals surface area contributed by atoms with Crippen LogP contribution >= 0.6 is 0 Å². The normalized spacial score (nSPS) is 14.9. The maximum absolute atomic E-state index is 12.5. The summed E-state index contributed by atoms with van der Waals surface area (Å²) in [5, 5.41) is 1.24. The van der Waals surface area contributed by atoms with E-state index in [9.17, 15) is 9.59 Å². The third-order valence-electron chi connectivity index (χ3n) is 4.64. The highest BCUT2D eigenvalue weighted by atomic mass is 16.3. The lowest BCUT2D eigenvalue weighted by atomic mass is 10.00. The fourth-order valence-electron chi connectivity index (χ4n) is 3.25. The zero-order valence-electron chi connectivity index (χ0n) is 15.7. The Hall–Kier alpha value is -3.80. The van der Waals surface area contributed by atoms with Gasteiger partial charge in [0.2, 0.25) is 0 Å². The number of nitrogens with zero attached hydrogens (tertiary/aromatic N) is 2. The van der Waals surface area contributed by atoms with Crippen LogP contribution in [-0.2, 0) is 11.2 Å². The van der Waals surface area contributed by atoms with E-state index in [2.05, 4.69) is 21.0 Å². The van der Waals surface area contributed by atoms with Gasteiger partial charge in [-0.3, -0.25) is 19.6 Å². The molecule has 0 spiro atoms. The molecule has 2 heterocycles. The van der Waals surface area contributed by atoms with Gasteiger partial charge < -0.3 is 9.40 Å².